The van der Waals surface area contributed by atoms with Crippen LogP contribution < -0.4 is 0 Å². The maximum Gasteiger partial charge on any atom is 0.136 e. The Hall–Kier alpha value is -0.320. The van der Waals surface area contributed by atoms with E-state index in [1.54, 1.807) is 28.4 Å². The number of fused-ring (bicyclic) bond motifs is 2. The third-order valence-electron chi connectivity index (χ3n) is 11.5. The molecule has 1 aliphatic heterocycles. The third kappa shape index (κ3) is 2.20. The molecular formula is C25H41NO7. The van der Waals surface area contributed by atoms with Crippen LogP contribution in [0.25, 0.3) is 0 Å². The number of likely N-dealkylation sites (N-methyl/N-ethyl adjacent to an activating group) is 1. The van der Waals surface area contributed by atoms with Crippen molar-refractivity contribution >= 4 is 0 Å². The minimum absolute atomic E-state index is 0.00825. The van der Waals surface area contributed by atoms with Gasteiger partial charge in [0.15, 0.2) is 0 Å². The Kier molecular flexibility index (Phi) is 4.99. The fourth-order valence-corrected chi connectivity index (χ4v) is 11.0. The van der Waals surface area contributed by atoms with Gasteiger partial charge in [0, 0.05) is 70.0 Å². The summed E-state index contributed by atoms with van der Waals surface area (Å²) in [4.78, 5) is 2.33. The van der Waals surface area contributed by atoms with Gasteiger partial charge in [0.2, 0.25) is 0 Å². The number of hydrogen-bond donors (Lipinski definition) is 3. The molecule has 1 saturated heterocycles. The van der Waals surface area contributed by atoms with E-state index < -0.39 is 28.8 Å². The van der Waals surface area contributed by atoms with Crippen LogP contribution in [-0.2, 0) is 18.9 Å². The van der Waals surface area contributed by atoms with E-state index in [4.69, 9.17) is 18.9 Å². The second-order valence-corrected chi connectivity index (χ2v) is 11.9. The molecule has 0 amide bonds. The molecule has 6 rings (SSSR count). The molecule has 8 heteroatoms. The number of nitrogens with zero attached hydrogens (tertiary/aromatic N) is 1. The molecule has 33 heavy (non-hydrogen) atoms. The first kappa shape index (κ1) is 23.1. The smallest absolute Gasteiger partial charge is 0.136 e. The normalized spacial score (nSPS) is 60.9. The molecule has 0 radical (unpaired) electrons. The Balaban J connectivity index is 1.67. The summed E-state index contributed by atoms with van der Waals surface area (Å²) in [6, 6.07) is -0.386. The lowest BCUT2D eigenvalue weighted by atomic mass is 9.42. The standard InChI is InChI=1S/C25H41NO7/c1-6-26-11-22(12-30-2)8-7-16(27)24-14-9-13-15(31-3)10-23(28,17(14)18(13)32-4)25(29,21(24)26)20(33-5)19(22)24/h13-21,27-29H,6-12H2,1-5H3/t13?,14?,15-,16?,17?,18?,19?,20?,21?,22-,23+,24?,25?/m0/s1. The summed E-state index contributed by atoms with van der Waals surface area (Å²) < 4.78 is 24.0. The quantitative estimate of drug-likeness (QED) is 0.512. The van der Waals surface area contributed by atoms with E-state index in [1.807, 2.05) is 0 Å². The van der Waals surface area contributed by atoms with Crippen molar-refractivity contribution in [1.82, 2.24) is 4.90 Å². The van der Waals surface area contributed by atoms with Crippen molar-refractivity contribution in [3.05, 3.63) is 0 Å². The van der Waals surface area contributed by atoms with E-state index in [0.29, 0.717) is 19.4 Å². The van der Waals surface area contributed by atoms with Crippen LogP contribution in [0.2, 0.25) is 0 Å². The fourth-order valence-electron chi connectivity index (χ4n) is 11.0. The second kappa shape index (κ2) is 7.13. The average Bonchev–Trinajstić information content (AvgIpc) is 3.22. The highest BCUT2D eigenvalue weighted by Crippen LogP contribution is 2.80. The van der Waals surface area contributed by atoms with E-state index >= 15 is 0 Å². The third-order valence-corrected chi connectivity index (χ3v) is 11.5. The number of aliphatic hydroxyl groups excluding tert-OH is 1. The zero-order valence-corrected chi connectivity index (χ0v) is 20.6. The number of ether oxygens (including phenoxy) is 4. The summed E-state index contributed by atoms with van der Waals surface area (Å²) in [7, 11) is 6.79. The zero-order valence-electron chi connectivity index (χ0n) is 20.6. The SMILES string of the molecule is CCN1C[C@]2(COC)CCC(O)C34C5CC6C(OC)C5[C@](O)(C[C@@H]6OC)C(O)(C(OC)C32)C14. The predicted molar refractivity (Wildman–Crippen MR) is 119 cm³/mol. The Labute approximate surface area is 196 Å². The molecule has 13 atom stereocenters. The van der Waals surface area contributed by atoms with E-state index in [1.165, 1.54) is 0 Å². The highest BCUT2D eigenvalue weighted by atomic mass is 16.5. The van der Waals surface area contributed by atoms with E-state index in [0.717, 1.165) is 25.9 Å². The molecule has 1 heterocycles. The van der Waals surface area contributed by atoms with Gasteiger partial charge in [-0.15, -0.1) is 0 Å². The number of likely N-dealkylation sites (tertiary alicyclic amines) is 1. The molecule has 188 valence electrons. The van der Waals surface area contributed by atoms with Gasteiger partial charge in [0.05, 0.1) is 37.1 Å². The van der Waals surface area contributed by atoms with Crippen molar-refractivity contribution in [3.8, 4) is 0 Å². The van der Waals surface area contributed by atoms with Crippen LogP contribution in [0, 0.1) is 34.5 Å². The van der Waals surface area contributed by atoms with Crippen molar-refractivity contribution in [1.29, 1.82) is 0 Å². The van der Waals surface area contributed by atoms with Crippen LogP contribution in [0.15, 0.2) is 0 Å². The van der Waals surface area contributed by atoms with E-state index in [9.17, 15) is 15.3 Å². The summed E-state index contributed by atoms with van der Waals surface area (Å²) in [6.45, 7) is 4.18. The first-order valence-corrected chi connectivity index (χ1v) is 12.7. The lowest BCUT2D eigenvalue weighted by Crippen LogP contribution is -2.82. The predicted octanol–water partition coefficient (Wildman–Crippen LogP) is 0.271. The summed E-state index contributed by atoms with van der Waals surface area (Å²) >= 11 is 0. The second-order valence-electron chi connectivity index (χ2n) is 11.9. The van der Waals surface area contributed by atoms with Gasteiger partial charge >= 0.3 is 0 Å². The van der Waals surface area contributed by atoms with Gasteiger partial charge in [0.1, 0.15) is 11.2 Å². The van der Waals surface area contributed by atoms with Gasteiger partial charge in [-0.25, -0.2) is 0 Å². The van der Waals surface area contributed by atoms with Crippen LogP contribution in [0.1, 0.15) is 32.6 Å². The summed E-state index contributed by atoms with van der Waals surface area (Å²) in [6.07, 6.45) is 1.06. The molecule has 8 nitrogen and oxygen atoms in total. The molecule has 1 spiro atoms. The highest BCUT2D eigenvalue weighted by molar-refractivity contribution is 5.41. The molecule has 10 unspecified atom stereocenters. The molecule has 6 fully saturated rings. The van der Waals surface area contributed by atoms with Crippen LogP contribution in [-0.4, -0.2) is 110 Å². The largest absolute Gasteiger partial charge is 0.392 e. The topological polar surface area (TPSA) is 101 Å². The van der Waals surface area contributed by atoms with Crippen LogP contribution in [0.4, 0.5) is 0 Å². The Morgan fingerprint density at radius 1 is 1.06 bits per heavy atom. The lowest BCUT2D eigenvalue weighted by Gasteiger charge is -2.69. The monoisotopic (exact) mass is 467 g/mol. The number of methoxy groups -OCH3 is 4. The summed E-state index contributed by atoms with van der Waals surface area (Å²) in [5.41, 5.74) is -3.82. The Morgan fingerprint density at radius 2 is 1.82 bits per heavy atom. The van der Waals surface area contributed by atoms with Crippen LogP contribution >= 0.6 is 0 Å². The van der Waals surface area contributed by atoms with E-state index in [2.05, 4.69) is 11.8 Å². The number of hydrogen-bond acceptors (Lipinski definition) is 8. The molecule has 0 aromatic heterocycles. The molecule has 5 saturated carbocycles. The van der Waals surface area contributed by atoms with Gasteiger partial charge in [0.25, 0.3) is 0 Å². The Morgan fingerprint density at radius 3 is 2.42 bits per heavy atom. The first-order valence-electron chi connectivity index (χ1n) is 12.7. The summed E-state index contributed by atoms with van der Waals surface area (Å²) in [5, 5.41) is 37.6. The van der Waals surface area contributed by atoms with Gasteiger partial charge < -0.3 is 34.3 Å². The lowest BCUT2D eigenvalue weighted by molar-refractivity contribution is -0.318. The van der Waals surface area contributed by atoms with Crippen LogP contribution in [0.3, 0.4) is 0 Å². The van der Waals surface area contributed by atoms with Crippen molar-refractivity contribution < 1.29 is 34.3 Å². The maximum atomic E-state index is 12.9. The molecule has 7 bridgehead atoms. The van der Waals surface area contributed by atoms with Crippen molar-refractivity contribution in [2.24, 2.45) is 34.5 Å². The molecular weight excluding hydrogens is 426 g/mol. The number of piperidine rings is 1. The van der Waals surface area contributed by atoms with Gasteiger partial charge in [-0.1, -0.05) is 6.92 Å². The molecule has 0 aromatic rings. The molecule has 0 aromatic carbocycles. The molecule has 6 aliphatic rings. The average molecular weight is 468 g/mol. The minimum atomic E-state index is -1.55. The van der Waals surface area contributed by atoms with Gasteiger partial charge in [-0.2, -0.15) is 0 Å². The van der Waals surface area contributed by atoms with Gasteiger partial charge in [-0.3, -0.25) is 4.90 Å². The molecule has 3 N–H and O–H groups in total. The number of rotatable bonds is 6. The highest BCUT2D eigenvalue weighted by Gasteiger charge is 2.91. The van der Waals surface area contributed by atoms with Crippen LogP contribution in [0.5, 0.6) is 0 Å². The van der Waals surface area contributed by atoms with E-state index in [-0.39, 0.29) is 47.3 Å². The maximum absolute atomic E-state index is 12.9. The fraction of sp³-hybridized carbons (Fsp3) is 1.00. The minimum Gasteiger partial charge on any atom is -0.392 e. The first-order chi connectivity index (χ1) is 15.8. The summed E-state index contributed by atoms with van der Waals surface area (Å²) in [5.74, 6) is -0.231. The van der Waals surface area contributed by atoms with Gasteiger partial charge in [-0.05, 0) is 31.7 Å². The number of aliphatic hydroxyl groups is 3. The molecule has 5 aliphatic carbocycles. The zero-order chi connectivity index (χ0) is 23.6. The van der Waals surface area contributed by atoms with Crippen molar-refractivity contribution in [2.75, 3.05) is 48.1 Å². The Bertz CT molecular complexity index is 814. The van der Waals surface area contributed by atoms with Crippen molar-refractivity contribution in [3.63, 3.8) is 0 Å². The van der Waals surface area contributed by atoms with Crippen molar-refractivity contribution in [2.45, 2.75) is 74.3 Å².